The van der Waals surface area contributed by atoms with Gasteiger partial charge in [-0.25, -0.2) is 9.97 Å². The second kappa shape index (κ2) is 4.70. The van der Waals surface area contributed by atoms with Crippen molar-refractivity contribution in [2.75, 3.05) is 19.6 Å². The maximum atomic E-state index is 4.31. The number of piperazine rings is 1. The second-order valence-electron chi connectivity index (χ2n) is 5.33. The quantitative estimate of drug-likeness (QED) is 0.831. The molecule has 0 amide bonds. The largest absolute Gasteiger partial charge is 0.309 e. The highest BCUT2D eigenvalue weighted by Gasteiger charge is 2.37. The van der Waals surface area contributed by atoms with Gasteiger partial charge in [0.1, 0.15) is 6.33 Å². The highest BCUT2D eigenvalue weighted by molar-refractivity contribution is 5.02. The van der Waals surface area contributed by atoms with Gasteiger partial charge in [0.15, 0.2) is 0 Å². The average molecular weight is 232 g/mol. The van der Waals surface area contributed by atoms with Crippen molar-refractivity contribution < 1.29 is 0 Å². The van der Waals surface area contributed by atoms with E-state index in [1.807, 2.05) is 12.3 Å². The number of hydrogen-bond donors (Lipinski definition) is 1. The van der Waals surface area contributed by atoms with Crippen LogP contribution < -0.4 is 5.32 Å². The maximum Gasteiger partial charge on any atom is 0.115 e. The molecule has 1 aliphatic heterocycles. The third kappa shape index (κ3) is 2.48. The molecule has 0 bridgehead atoms. The van der Waals surface area contributed by atoms with Crippen molar-refractivity contribution in [1.82, 2.24) is 20.2 Å². The van der Waals surface area contributed by atoms with Crippen molar-refractivity contribution in [2.24, 2.45) is 0 Å². The molecule has 2 fully saturated rings. The van der Waals surface area contributed by atoms with Gasteiger partial charge >= 0.3 is 0 Å². The Morgan fingerprint density at radius 1 is 1.35 bits per heavy atom. The first-order valence-corrected chi connectivity index (χ1v) is 6.59. The van der Waals surface area contributed by atoms with Gasteiger partial charge in [-0.05, 0) is 18.9 Å². The minimum atomic E-state index is 0.408. The minimum absolute atomic E-state index is 0.408. The molecule has 1 saturated carbocycles. The van der Waals surface area contributed by atoms with Crippen LogP contribution in [-0.2, 0) is 6.54 Å². The fourth-order valence-electron chi connectivity index (χ4n) is 3.20. The molecule has 0 radical (unpaired) electrons. The summed E-state index contributed by atoms with van der Waals surface area (Å²) in [4.78, 5) is 10.8. The van der Waals surface area contributed by atoms with E-state index in [2.05, 4.69) is 20.2 Å². The summed E-state index contributed by atoms with van der Waals surface area (Å²) in [6, 6.07) is 2.02. The molecule has 2 heterocycles. The third-order valence-corrected chi connectivity index (χ3v) is 4.04. The van der Waals surface area contributed by atoms with Crippen LogP contribution in [0.15, 0.2) is 18.6 Å². The molecule has 3 rings (SSSR count). The smallest absolute Gasteiger partial charge is 0.115 e. The van der Waals surface area contributed by atoms with Crippen LogP contribution in [0.5, 0.6) is 0 Å². The third-order valence-electron chi connectivity index (χ3n) is 4.04. The molecule has 1 aromatic heterocycles. The number of nitrogens with zero attached hydrogens (tertiary/aromatic N) is 3. The number of hydrogen-bond acceptors (Lipinski definition) is 4. The Balaban J connectivity index is 1.64. The Kier molecular flexibility index (Phi) is 3.07. The van der Waals surface area contributed by atoms with Crippen molar-refractivity contribution in [3.8, 4) is 0 Å². The van der Waals surface area contributed by atoms with Crippen LogP contribution in [0.1, 0.15) is 31.4 Å². The highest BCUT2D eigenvalue weighted by atomic mass is 15.2. The van der Waals surface area contributed by atoms with Crippen molar-refractivity contribution >= 4 is 0 Å². The van der Waals surface area contributed by atoms with Gasteiger partial charge in [-0.1, -0.05) is 12.8 Å². The van der Waals surface area contributed by atoms with Gasteiger partial charge in [0, 0.05) is 37.9 Å². The summed E-state index contributed by atoms with van der Waals surface area (Å²) in [5.74, 6) is 0. The molecule has 4 heteroatoms. The summed E-state index contributed by atoms with van der Waals surface area (Å²) in [6.07, 6.45) is 8.92. The first-order chi connectivity index (χ1) is 8.36. The summed E-state index contributed by atoms with van der Waals surface area (Å²) in [7, 11) is 0. The van der Waals surface area contributed by atoms with Crippen LogP contribution in [0, 0.1) is 0 Å². The lowest BCUT2D eigenvalue weighted by Gasteiger charge is -2.41. The molecule has 1 spiro atoms. The van der Waals surface area contributed by atoms with Gasteiger partial charge in [0.25, 0.3) is 0 Å². The molecule has 1 saturated heterocycles. The molecule has 2 aliphatic rings. The lowest BCUT2D eigenvalue weighted by atomic mass is 9.94. The van der Waals surface area contributed by atoms with Crippen LogP contribution in [0.3, 0.4) is 0 Å². The molecule has 4 nitrogen and oxygen atoms in total. The fourth-order valence-corrected chi connectivity index (χ4v) is 3.20. The van der Waals surface area contributed by atoms with Crippen LogP contribution in [0.25, 0.3) is 0 Å². The minimum Gasteiger partial charge on any atom is -0.309 e. The second-order valence-corrected chi connectivity index (χ2v) is 5.33. The van der Waals surface area contributed by atoms with E-state index in [4.69, 9.17) is 0 Å². The van der Waals surface area contributed by atoms with Gasteiger partial charge < -0.3 is 5.32 Å². The summed E-state index contributed by atoms with van der Waals surface area (Å²) in [6.45, 7) is 4.39. The Bertz CT molecular complexity index is 359. The Hall–Kier alpha value is -1.00. The van der Waals surface area contributed by atoms with Crippen molar-refractivity contribution in [2.45, 2.75) is 37.8 Å². The van der Waals surface area contributed by atoms with E-state index in [1.165, 1.54) is 32.2 Å². The topological polar surface area (TPSA) is 41.0 Å². The van der Waals surface area contributed by atoms with Crippen molar-refractivity contribution in [3.05, 3.63) is 24.3 Å². The van der Waals surface area contributed by atoms with E-state index in [9.17, 15) is 0 Å². The molecule has 1 aliphatic carbocycles. The molecule has 0 aromatic carbocycles. The average Bonchev–Trinajstić information content (AvgIpc) is 2.79. The summed E-state index contributed by atoms with van der Waals surface area (Å²) in [5.41, 5.74) is 1.54. The van der Waals surface area contributed by atoms with Gasteiger partial charge in [0.05, 0.1) is 5.69 Å². The molecule has 92 valence electrons. The van der Waals surface area contributed by atoms with Crippen LogP contribution in [0.2, 0.25) is 0 Å². The Morgan fingerprint density at radius 3 is 3.00 bits per heavy atom. The SMILES string of the molecule is c1cc(CN2CCNC3(CCCC3)C2)ncn1. The predicted octanol–water partition coefficient (Wildman–Crippen LogP) is 1.19. The molecule has 0 atom stereocenters. The molecular formula is C13H20N4. The summed E-state index contributed by atoms with van der Waals surface area (Å²) >= 11 is 0. The number of aromatic nitrogens is 2. The van der Waals surface area contributed by atoms with E-state index < -0.39 is 0 Å². The van der Waals surface area contributed by atoms with E-state index in [0.717, 1.165) is 25.3 Å². The zero-order valence-corrected chi connectivity index (χ0v) is 10.2. The Labute approximate surface area is 102 Å². The first kappa shape index (κ1) is 11.1. The van der Waals surface area contributed by atoms with Gasteiger partial charge in [-0.2, -0.15) is 0 Å². The van der Waals surface area contributed by atoms with Crippen LogP contribution >= 0.6 is 0 Å². The maximum absolute atomic E-state index is 4.31. The lowest BCUT2D eigenvalue weighted by Crippen LogP contribution is -2.58. The van der Waals surface area contributed by atoms with Crippen molar-refractivity contribution in [3.63, 3.8) is 0 Å². The molecule has 1 N–H and O–H groups in total. The van der Waals surface area contributed by atoms with Crippen molar-refractivity contribution in [1.29, 1.82) is 0 Å². The van der Waals surface area contributed by atoms with Gasteiger partial charge in [-0.3, -0.25) is 4.90 Å². The first-order valence-electron chi connectivity index (χ1n) is 6.59. The molecule has 0 unspecified atom stereocenters. The number of rotatable bonds is 2. The molecular weight excluding hydrogens is 212 g/mol. The number of nitrogens with one attached hydrogen (secondary N) is 1. The molecule has 1 aromatic rings. The van der Waals surface area contributed by atoms with Crippen LogP contribution in [-0.4, -0.2) is 40.0 Å². The zero-order chi connectivity index (χ0) is 11.6. The van der Waals surface area contributed by atoms with E-state index in [1.54, 1.807) is 6.33 Å². The standard InChI is InChI=1S/C13H20N4/c1-2-5-13(4-1)10-17(8-7-16-13)9-12-3-6-14-11-15-12/h3,6,11,16H,1-2,4-5,7-10H2. The summed E-state index contributed by atoms with van der Waals surface area (Å²) in [5, 5.41) is 3.74. The fraction of sp³-hybridized carbons (Fsp3) is 0.692. The highest BCUT2D eigenvalue weighted by Crippen LogP contribution is 2.32. The van der Waals surface area contributed by atoms with Gasteiger partial charge in [-0.15, -0.1) is 0 Å². The molecule has 17 heavy (non-hydrogen) atoms. The normalized spacial score (nSPS) is 24.2. The predicted molar refractivity (Wildman–Crippen MR) is 66.5 cm³/mol. The zero-order valence-electron chi connectivity index (χ0n) is 10.2. The summed E-state index contributed by atoms with van der Waals surface area (Å²) < 4.78 is 0. The Morgan fingerprint density at radius 2 is 2.24 bits per heavy atom. The monoisotopic (exact) mass is 232 g/mol. The van der Waals surface area contributed by atoms with Gasteiger partial charge in [0.2, 0.25) is 0 Å². The van der Waals surface area contributed by atoms with Crippen LogP contribution in [0.4, 0.5) is 0 Å². The van der Waals surface area contributed by atoms with E-state index in [-0.39, 0.29) is 0 Å². The van der Waals surface area contributed by atoms with E-state index >= 15 is 0 Å². The van der Waals surface area contributed by atoms with E-state index in [0.29, 0.717) is 5.54 Å². The lowest BCUT2D eigenvalue weighted by molar-refractivity contribution is 0.127.